The fraction of sp³-hybridized carbons (Fsp3) is 1.00. The average molecular weight is 264 g/mol. The Labute approximate surface area is 91.4 Å². The lowest BCUT2D eigenvalue weighted by molar-refractivity contribution is 0.149. The predicted octanol–water partition coefficient (Wildman–Crippen LogP) is 2.76. The lowest BCUT2D eigenvalue weighted by Gasteiger charge is -2.06. The third-order valence-corrected chi connectivity index (χ3v) is 5.83. The number of thiol groups is 1. The minimum atomic E-state index is -3.53. The van der Waals surface area contributed by atoms with Crippen molar-refractivity contribution in [3.05, 3.63) is 0 Å². The van der Waals surface area contributed by atoms with Gasteiger partial charge in [0.05, 0.1) is 0 Å². The summed E-state index contributed by atoms with van der Waals surface area (Å²) in [6, 6.07) is 0. The molecule has 0 saturated heterocycles. The first-order chi connectivity index (χ1) is 6.12. The van der Waals surface area contributed by atoms with Gasteiger partial charge in [-0.15, -0.1) is 0 Å². The van der Waals surface area contributed by atoms with E-state index in [1.165, 1.54) is 0 Å². The standard InChI is InChI=1S/C5H13O4PS3/c1-2-8-4-3-5-12-9-10(6,7)13-11/h11H,2-5H2,1H3,(H,6,7). The second-order valence-electron chi connectivity index (χ2n) is 2.00. The van der Waals surface area contributed by atoms with Gasteiger partial charge in [-0.25, -0.2) is 8.54 Å². The van der Waals surface area contributed by atoms with Gasteiger partial charge < -0.3 is 9.63 Å². The molecule has 80 valence electrons. The van der Waals surface area contributed by atoms with Crippen molar-refractivity contribution >= 4 is 40.9 Å². The Balaban J connectivity index is 3.21. The molecule has 0 amide bonds. The van der Waals surface area contributed by atoms with Crippen LogP contribution in [0.2, 0.25) is 0 Å². The molecular formula is C5H13O4PS3. The van der Waals surface area contributed by atoms with Crippen LogP contribution >= 0.6 is 40.9 Å². The highest BCUT2D eigenvalue weighted by Gasteiger charge is 2.18. The maximum atomic E-state index is 10.8. The molecule has 0 saturated carbocycles. The van der Waals surface area contributed by atoms with Gasteiger partial charge in [0.2, 0.25) is 0 Å². The second-order valence-corrected chi connectivity index (χ2v) is 7.68. The molecule has 8 heteroatoms. The number of ether oxygens (including phenoxy) is 1. The predicted molar refractivity (Wildman–Crippen MR) is 61.1 cm³/mol. The summed E-state index contributed by atoms with van der Waals surface area (Å²) < 4.78 is 20.5. The van der Waals surface area contributed by atoms with Gasteiger partial charge in [-0.2, -0.15) is 0 Å². The van der Waals surface area contributed by atoms with Crippen molar-refractivity contribution in [2.75, 3.05) is 19.0 Å². The quantitative estimate of drug-likeness (QED) is 0.231. The molecule has 0 aromatic heterocycles. The van der Waals surface area contributed by atoms with Gasteiger partial charge in [0.1, 0.15) is 0 Å². The topological polar surface area (TPSA) is 55.8 Å². The molecule has 0 aliphatic heterocycles. The minimum absolute atomic E-state index is 0.527. The Morgan fingerprint density at radius 2 is 2.31 bits per heavy atom. The van der Waals surface area contributed by atoms with E-state index in [1.54, 1.807) is 0 Å². The van der Waals surface area contributed by atoms with E-state index >= 15 is 0 Å². The summed E-state index contributed by atoms with van der Waals surface area (Å²) >= 11 is 4.57. The van der Waals surface area contributed by atoms with Gasteiger partial charge in [-0.05, 0) is 13.3 Å². The molecule has 0 rings (SSSR count). The zero-order chi connectivity index (χ0) is 10.2. The van der Waals surface area contributed by atoms with E-state index in [0.717, 1.165) is 18.5 Å². The zero-order valence-electron chi connectivity index (χ0n) is 7.21. The van der Waals surface area contributed by atoms with E-state index in [1.807, 2.05) is 6.92 Å². The highest BCUT2D eigenvalue weighted by atomic mass is 33.3. The molecule has 0 radical (unpaired) electrons. The Morgan fingerprint density at radius 1 is 1.62 bits per heavy atom. The zero-order valence-corrected chi connectivity index (χ0v) is 10.6. The van der Waals surface area contributed by atoms with E-state index < -0.39 is 6.80 Å². The molecule has 0 aliphatic rings. The van der Waals surface area contributed by atoms with E-state index in [9.17, 15) is 4.57 Å². The monoisotopic (exact) mass is 264 g/mol. The normalized spacial score (nSPS) is 15.6. The molecule has 13 heavy (non-hydrogen) atoms. The second kappa shape index (κ2) is 8.47. The molecule has 1 N–H and O–H groups in total. The number of hydrogen-bond acceptors (Lipinski definition) is 6. The largest absolute Gasteiger partial charge is 0.407 e. The summed E-state index contributed by atoms with van der Waals surface area (Å²) in [7, 11) is 0.527. The first-order valence-electron chi connectivity index (χ1n) is 3.67. The lowest BCUT2D eigenvalue weighted by atomic mass is 10.5. The third-order valence-electron chi connectivity index (χ3n) is 0.971. The Hall–Kier alpha value is 1.16. The highest BCUT2D eigenvalue weighted by Crippen LogP contribution is 2.60. The van der Waals surface area contributed by atoms with Gasteiger partial charge >= 0.3 is 6.80 Å². The number of hydrogen-bond donors (Lipinski definition) is 2. The van der Waals surface area contributed by atoms with Gasteiger partial charge in [-0.1, -0.05) is 11.7 Å². The van der Waals surface area contributed by atoms with E-state index in [2.05, 4.69) is 15.6 Å². The Kier molecular flexibility index (Phi) is 9.22. The molecular weight excluding hydrogens is 251 g/mol. The van der Waals surface area contributed by atoms with Crippen LogP contribution in [0.15, 0.2) is 0 Å². The fourth-order valence-corrected chi connectivity index (χ4v) is 3.02. The molecule has 0 heterocycles. The van der Waals surface area contributed by atoms with Gasteiger partial charge in [0.15, 0.2) is 0 Å². The van der Waals surface area contributed by atoms with Crippen LogP contribution in [0.1, 0.15) is 13.3 Å². The van der Waals surface area contributed by atoms with Crippen LogP contribution < -0.4 is 0 Å². The van der Waals surface area contributed by atoms with Crippen molar-refractivity contribution in [2.45, 2.75) is 13.3 Å². The molecule has 1 unspecified atom stereocenters. The lowest BCUT2D eigenvalue weighted by Crippen LogP contribution is -1.94. The maximum Gasteiger partial charge on any atom is 0.407 e. The van der Waals surface area contributed by atoms with Crippen molar-refractivity contribution in [3.8, 4) is 0 Å². The van der Waals surface area contributed by atoms with Gasteiger partial charge in [0, 0.05) is 41.4 Å². The minimum Gasteiger partial charge on any atom is -0.382 e. The van der Waals surface area contributed by atoms with Crippen LogP contribution in [-0.4, -0.2) is 23.9 Å². The van der Waals surface area contributed by atoms with Crippen LogP contribution in [0.3, 0.4) is 0 Å². The molecule has 0 aliphatic carbocycles. The van der Waals surface area contributed by atoms with Crippen LogP contribution in [0.5, 0.6) is 0 Å². The smallest absolute Gasteiger partial charge is 0.382 e. The first kappa shape index (κ1) is 14.2. The summed E-state index contributed by atoms with van der Waals surface area (Å²) in [6.45, 7) is -0.266. The van der Waals surface area contributed by atoms with Crippen molar-refractivity contribution < 1.29 is 18.2 Å². The number of rotatable bonds is 8. The average Bonchev–Trinajstić information content (AvgIpc) is 2.11. The molecule has 0 aromatic carbocycles. The Bertz CT molecular complexity index is 168. The van der Waals surface area contributed by atoms with Gasteiger partial charge in [-0.3, -0.25) is 0 Å². The molecule has 0 bridgehead atoms. The summed E-state index contributed by atoms with van der Waals surface area (Å²) in [5.41, 5.74) is 0. The summed E-state index contributed by atoms with van der Waals surface area (Å²) in [4.78, 5) is 8.89. The summed E-state index contributed by atoms with van der Waals surface area (Å²) in [5.74, 6) is 0.638. The van der Waals surface area contributed by atoms with Crippen molar-refractivity contribution in [1.82, 2.24) is 0 Å². The molecule has 0 fully saturated rings. The maximum absolute atomic E-state index is 10.8. The summed E-state index contributed by atoms with van der Waals surface area (Å²) in [5, 5.41) is 0. The van der Waals surface area contributed by atoms with E-state index in [4.69, 9.17) is 9.63 Å². The molecule has 1 atom stereocenters. The van der Waals surface area contributed by atoms with Gasteiger partial charge in [0.25, 0.3) is 0 Å². The van der Waals surface area contributed by atoms with E-state index in [0.29, 0.717) is 29.4 Å². The molecule has 0 aromatic rings. The van der Waals surface area contributed by atoms with Crippen LogP contribution in [-0.2, 0) is 13.3 Å². The Morgan fingerprint density at radius 3 is 2.85 bits per heavy atom. The van der Waals surface area contributed by atoms with Crippen LogP contribution in [0, 0.1) is 0 Å². The molecule has 0 spiro atoms. The van der Waals surface area contributed by atoms with Crippen LogP contribution in [0.25, 0.3) is 0 Å². The summed E-state index contributed by atoms with van der Waals surface area (Å²) in [6.07, 6.45) is 0.801. The van der Waals surface area contributed by atoms with Crippen LogP contribution in [0.4, 0.5) is 0 Å². The third kappa shape index (κ3) is 9.46. The fourth-order valence-electron chi connectivity index (χ4n) is 0.482. The first-order valence-corrected chi connectivity index (χ1v) is 8.63. The SMILES string of the molecule is CCOCCCSOP(=O)(O)SS. The van der Waals surface area contributed by atoms with Crippen molar-refractivity contribution in [1.29, 1.82) is 0 Å². The molecule has 4 nitrogen and oxygen atoms in total. The van der Waals surface area contributed by atoms with Crippen molar-refractivity contribution in [2.24, 2.45) is 0 Å². The highest BCUT2D eigenvalue weighted by molar-refractivity contribution is 8.93. The van der Waals surface area contributed by atoms with Crippen molar-refractivity contribution in [3.63, 3.8) is 0 Å². The van der Waals surface area contributed by atoms with E-state index in [-0.39, 0.29) is 0 Å².